The largest absolute Gasteiger partial charge is 0.397 e. The van der Waals surface area contributed by atoms with E-state index in [-0.39, 0.29) is 5.91 Å². The van der Waals surface area contributed by atoms with Gasteiger partial charge in [0, 0.05) is 31.4 Å². The number of rotatable bonds is 5. The van der Waals surface area contributed by atoms with Crippen molar-refractivity contribution >= 4 is 23.2 Å². The van der Waals surface area contributed by atoms with Crippen LogP contribution in [0.15, 0.2) is 36.5 Å². The average molecular weight is 306 g/mol. The molecule has 2 rings (SSSR count). The molecular weight excluding hydrogens is 286 g/mol. The van der Waals surface area contributed by atoms with Crippen LogP contribution in [0, 0.1) is 0 Å². The van der Waals surface area contributed by atoms with Gasteiger partial charge in [-0.05, 0) is 30.2 Å². The molecule has 0 aliphatic carbocycles. The molecule has 2 N–H and O–H groups in total. The van der Waals surface area contributed by atoms with Gasteiger partial charge in [-0.1, -0.05) is 30.7 Å². The molecule has 1 aromatic heterocycles. The van der Waals surface area contributed by atoms with Gasteiger partial charge in [-0.25, -0.2) is 0 Å². The van der Waals surface area contributed by atoms with Gasteiger partial charge < -0.3 is 15.2 Å². The van der Waals surface area contributed by atoms with E-state index in [2.05, 4.69) is 6.92 Å². The lowest BCUT2D eigenvalue weighted by molar-refractivity contribution is 0.0774. The predicted molar refractivity (Wildman–Crippen MR) is 86.4 cm³/mol. The van der Waals surface area contributed by atoms with E-state index in [9.17, 15) is 4.79 Å². The van der Waals surface area contributed by atoms with Gasteiger partial charge in [-0.15, -0.1) is 0 Å². The predicted octanol–water partition coefficient (Wildman–Crippen LogP) is 3.41. The third-order valence-corrected chi connectivity index (χ3v) is 3.53. The summed E-state index contributed by atoms with van der Waals surface area (Å²) < 4.78 is 1.91. The van der Waals surface area contributed by atoms with Crippen LogP contribution in [-0.4, -0.2) is 22.4 Å². The first-order chi connectivity index (χ1) is 10.0. The minimum absolute atomic E-state index is 0.0323. The third-order valence-electron chi connectivity index (χ3n) is 3.28. The summed E-state index contributed by atoms with van der Waals surface area (Å²) in [6.07, 6.45) is 2.77. The van der Waals surface area contributed by atoms with Gasteiger partial charge in [0.2, 0.25) is 0 Å². The van der Waals surface area contributed by atoms with Crippen LogP contribution in [0.4, 0.5) is 5.69 Å². The number of hydrogen-bond donors (Lipinski definition) is 1. The summed E-state index contributed by atoms with van der Waals surface area (Å²) in [6, 6.07) is 9.23. The molecule has 1 amide bonds. The average Bonchev–Trinajstić information content (AvgIpc) is 2.82. The molecule has 0 atom stereocenters. The molecule has 0 aliphatic heterocycles. The fourth-order valence-corrected chi connectivity index (χ4v) is 2.40. The Morgan fingerprint density at radius 3 is 2.62 bits per heavy atom. The highest BCUT2D eigenvalue weighted by Crippen LogP contribution is 2.16. The lowest BCUT2D eigenvalue weighted by Gasteiger charge is -2.18. The van der Waals surface area contributed by atoms with Crippen LogP contribution in [-0.2, 0) is 13.1 Å². The SMILES string of the molecule is CCCn1cc(N)cc1C(=O)N(C)Cc1ccc(Cl)cc1. The second-order valence-corrected chi connectivity index (χ2v) is 5.58. The van der Waals surface area contributed by atoms with E-state index in [1.807, 2.05) is 35.0 Å². The minimum Gasteiger partial charge on any atom is -0.397 e. The maximum Gasteiger partial charge on any atom is 0.270 e. The number of anilines is 1. The number of amides is 1. The highest BCUT2D eigenvalue weighted by molar-refractivity contribution is 6.30. The monoisotopic (exact) mass is 305 g/mol. The number of nitrogen functional groups attached to an aromatic ring is 1. The molecule has 0 saturated carbocycles. The second kappa shape index (κ2) is 6.68. The quantitative estimate of drug-likeness (QED) is 0.920. The molecule has 2 aromatic rings. The Labute approximate surface area is 130 Å². The van der Waals surface area contributed by atoms with Crippen LogP contribution in [0.2, 0.25) is 5.02 Å². The van der Waals surface area contributed by atoms with Gasteiger partial charge in [0.1, 0.15) is 5.69 Å². The standard InChI is InChI=1S/C16H20ClN3O/c1-3-8-20-11-14(18)9-15(20)16(21)19(2)10-12-4-6-13(17)7-5-12/h4-7,9,11H,3,8,10,18H2,1-2H3. The van der Waals surface area contributed by atoms with Crippen molar-refractivity contribution in [2.45, 2.75) is 26.4 Å². The number of nitrogens with two attached hydrogens (primary N) is 1. The summed E-state index contributed by atoms with van der Waals surface area (Å²) in [7, 11) is 1.79. The second-order valence-electron chi connectivity index (χ2n) is 5.14. The normalized spacial score (nSPS) is 10.6. The van der Waals surface area contributed by atoms with Crippen molar-refractivity contribution in [1.29, 1.82) is 0 Å². The lowest BCUT2D eigenvalue weighted by atomic mass is 10.2. The van der Waals surface area contributed by atoms with Crippen molar-refractivity contribution in [3.63, 3.8) is 0 Å². The molecular formula is C16H20ClN3O. The Bertz CT molecular complexity index is 619. The molecule has 21 heavy (non-hydrogen) atoms. The van der Waals surface area contributed by atoms with Crippen LogP contribution < -0.4 is 5.73 Å². The Morgan fingerprint density at radius 1 is 1.33 bits per heavy atom. The minimum atomic E-state index is -0.0323. The number of halogens is 1. The number of aryl methyl sites for hydroxylation is 1. The summed E-state index contributed by atoms with van der Waals surface area (Å²) in [5, 5.41) is 0.692. The van der Waals surface area contributed by atoms with Gasteiger partial charge in [0.15, 0.2) is 0 Å². The molecule has 0 fully saturated rings. The molecule has 5 heteroatoms. The zero-order valence-electron chi connectivity index (χ0n) is 12.3. The molecule has 0 radical (unpaired) electrons. The molecule has 4 nitrogen and oxygen atoms in total. The van der Waals surface area contributed by atoms with Crippen LogP contribution in [0.3, 0.4) is 0 Å². The van der Waals surface area contributed by atoms with E-state index >= 15 is 0 Å². The van der Waals surface area contributed by atoms with Crippen LogP contribution in [0.25, 0.3) is 0 Å². The summed E-state index contributed by atoms with van der Waals surface area (Å²) in [5.41, 5.74) is 8.10. The fourth-order valence-electron chi connectivity index (χ4n) is 2.27. The Kier molecular flexibility index (Phi) is 4.91. The van der Waals surface area contributed by atoms with E-state index in [0.717, 1.165) is 18.5 Å². The Hall–Kier alpha value is -1.94. The first-order valence-electron chi connectivity index (χ1n) is 6.96. The van der Waals surface area contributed by atoms with Crippen LogP contribution in [0.5, 0.6) is 0 Å². The van der Waals surface area contributed by atoms with E-state index in [4.69, 9.17) is 17.3 Å². The van der Waals surface area contributed by atoms with Gasteiger partial charge in [-0.2, -0.15) is 0 Å². The molecule has 0 spiro atoms. The summed E-state index contributed by atoms with van der Waals surface area (Å²) in [5.74, 6) is -0.0323. The third kappa shape index (κ3) is 3.79. The van der Waals surface area contributed by atoms with Crippen molar-refractivity contribution < 1.29 is 4.79 Å². The number of carbonyl (C=O) groups is 1. The molecule has 0 bridgehead atoms. The molecule has 1 aromatic carbocycles. The number of nitrogens with zero attached hydrogens (tertiary/aromatic N) is 2. The fraction of sp³-hybridized carbons (Fsp3) is 0.312. The van der Waals surface area contributed by atoms with E-state index in [0.29, 0.717) is 22.9 Å². The van der Waals surface area contributed by atoms with Gasteiger partial charge >= 0.3 is 0 Å². The molecule has 0 aliphatic rings. The van der Waals surface area contributed by atoms with Crippen molar-refractivity contribution in [3.05, 3.63) is 52.8 Å². The Balaban J connectivity index is 2.13. The number of aromatic nitrogens is 1. The zero-order valence-corrected chi connectivity index (χ0v) is 13.1. The molecule has 0 unspecified atom stereocenters. The molecule has 112 valence electrons. The maximum atomic E-state index is 12.5. The van der Waals surface area contributed by atoms with Gasteiger partial charge in [0.25, 0.3) is 5.91 Å². The summed E-state index contributed by atoms with van der Waals surface area (Å²) in [6.45, 7) is 3.39. The van der Waals surface area contributed by atoms with Crippen molar-refractivity contribution in [2.75, 3.05) is 12.8 Å². The Morgan fingerprint density at radius 2 is 2.00 bits per heavy atom. The van der Waals surface area contributed by atoms with Gasteiger partial charge in [0.05, 0.1) is 5.69 Å². The zero-order chi connectivity index (χ0) is 15.4. The van der Waals surface area contributed by atoms with Crippen molar-refractivity contribution in [1.82, 2.24) is 9.47 Å². The maximum absolute atomic E-state index is 12.5. The first kappa shape index (κ1) is 15.4. The lowest BCUT2D eigenvalue weighted by Crippen LogP contribution is -2.28. The highest BCUT2D eigenvalue weighted by atomic mass is 35.5. The van der Waals surface area contributed by atoms with Crippen LogP contribution in [0.1, 0.15) is 29.4 Å². The summed E-state index contributed by atoms with van der Waals surface area (Å²) in [4.78, 5) is 14.2. The van der Waals surface area contributed by atoms with Crippen molar-refractivity contribution in [2.24, 2.45) is 0 Å². The number of carbonyl (C=O) groups excluding carboxylic acids is 1. The molecule has 0 saturated heterocycles. The van der Waals surface area contributed by atoms with Gasteiger partial charge in [-0.3, -0.25) is 4.79 Å². The van der Waals surface area contributed by atoms with E-state index < -0.39 is 0 Å². The van der Waals surface area contributed by atoms with Crippen LogP contribution >= 0.6 is 11.6 Å². The molecule has 1 heterocycles. The number of hydrogen-bond acceptors (Lipinski definition) is 2. The summed E-state index contributed by atoms with van der Waals surface area (Å²) >= 11 is 5.87. The van der Waals surface area contributed by atoms with Crippen molar-refractivity contribution in [3.8, 4) is 0 Å². The smallest absolute Gasteiger partial charge is 0.270 e. The number of benzene rings is 1. The highest BCUT2D eigenvalue weighted by Gasteiger charge is 2.17. The van der Waals surface area contributed by atoms with E-state index in [1.165, 1.54) is 0 Å². The van der Waals surface area contributed by atoms with E-state index in [1.54, 1.807) is 18.0 Å². The topological polar surface area (TPSA) is 51.3 Å². The first-order valence-corrected chi connectivity index (χ1v) is 7.34.